The number of rotatable bonds is 7. The first-order valence-corrected chi connectivity index (χ1v) is 11.8. The lowest BCUT2D eigenvalue weighted by Crippen LogP contribution is -2.59. The van der Waals surface area contributed by atoms with Crippen LogP contribution in [0.25, 0.3) is 0 Å². The Balaban J connectivity index is 1.44. The van der Waals surface area contributed by atoms with E-state index in [9.17, 15) is 14.0 Å². The van der Waals surface area contributed by atoms with Gasteiger partial charge in [0, 0.05) is 26.2 Å². The van der Waals surface area contributed by atoms with Gasteiger partial charge in [-0.2, -0.15) is 0 Å². The van der Waals surface area contributed by atoms with Crippen LogP contribution in [0.3, 0.4) is 0 Å². The Morgan fingerprint density at radius 3 is 2.48 bits per heavy atom. The van der Waals surface area contributed by atoms with Crippen LogP contribution < -0.4 is 4.74 Å². The molecular formula is C24H33FN2O6. The average molecular weight is 465 g/mol. The Hall–Kier alpha value is -2.23. The van der Waals surface area contributed by atoms with Crippen LogP contribution in [0, 0.1) is 5.82 Å². The lowest BCUT2D eigenvalue weighted by atomic mass is 9.96. The normalized spacial score (nSPS) is 26.2. The second kappa shape index (κ2) is 11.3. The number of carbonyl (C=O) groups is 2. The third-order valence-corrected chi connectivity index (χ3v) is 6.43. The maximum absolute atomic E-state index is 13.3. The number of nitrogens with zero attached hydrogens (tertiary/aromatic N) is 2. The molecule has 3 aliphatic heterocycles. The molecule has 0 radical (unpaired) electrons. The Bertz CT molecular complexity index is 795. The summed E-state index contributed by atoms with van der Waals surface area (Å²) >= 11 is 0. The minimum absolute atomic E-state index is 0.00942. The molecule has 3 heterocycles. The largest absolute Gasteiger partial charge is 0.490 e. The summed E-state index contributed by atoms with van der Waals surface area (Å²) in [5.74, 6) is 0.0912. The molecule has 0 saturated carbocycles. The smallest absolute Gasteiger partial charge is 0.225 e. The Morgan fingerprint density at radius 1 is 1.00 bits per heavy atom. The van der Waals surface area contributed by atoms with Crippen LogP contribution in [-0.2, 0) is 23.8 Å². The van der Waals surface area contributed by atoms with E-state index in [-0.39, 0.29) is 43.3 Å². The summed E-state index contributed by atoms with van der Waals surface area (Å²) in [6.45, 7) is 3.93. The van der Waals surface area contributed by atoms with Gasteiger partial charge in [0.1, 0.15) is 23.8 Å². The van der Waals surface area contributed by atoms with Crippen LogP contribution in [0.2, 0.25) is 0 Å². The highest BCUT2D eigenvalue weighted by molar-refractivity contribution is 5.79. The topological polar surface area (TPSA) is 77.5 Å². The first-order chi connectivity index (χ1) is 16.0. The molecule has 0 bridgehead atoms. The summed E-state index contributed by atoms with van der Waals surface area (Å²) in [4.78, 5) is 29.7. The summed E-state index contributed by atoms with van der Waals surface area (Å²) in [6.07, 6.45) is 3.39. The molecule has 3 aliphatic rings. The van der Waals surface area contributed by atoms with Crippen LogP contribution in [0.1, 0.15) is 32.1 Å². The number of morpholine rings is 2. The number of carbonyl (C=O) groups excluding carboxylic acids is 2. The molecular weight excluding hydrogens is 431 g/mol. The van der Waals surface area contributed by atoms with Gasteiger partial charge in [-0.25, -0.2) is 4.39 Å². The number of benzene rings is 1. The molecule has 2 amide bonds. The van der Waals surface area contributed by atoms with Crippen LogP contribution in [-0.4, -0.2) is 92.5 Å². The maximum Gasteiger partial charge on any atom is 0.225 e. The predicted molar refractivity (Wildman–Crippen MR) is 117 cm³/mol. The molecule has 3 saturated heterocycles. The van der Waals surface area contributed by atoms with Crippen LogP contribution >= 0.6 is 0 Å². The number of hydrogen-bond acceptors (Lipinski definition) is 6. The molecule has 0 aliphatic carbocycles. The van der Waals surface area contributed by atoms with Gasteiger partial charge in [0.05, 0.1) is 45.3 Å². The molecule has 1 aromatic rings. The molecule has 0 unspecified atom stereocenters. The fraction of sp³-hybridized carbons (Fsp3) is 0.667. The second-order valence-electron chi connectivity index (χ2n) is 8.95. The maximum atomic E-state index is 13.3. The Morgan fingerprint density at radius 2 is 1.76 bits per heavy atom. The van der Waals surface area contributed by atoms with E-state index in [0.717, 1.165) is 19.3 Å². The lowest BCUT2D eigenvalue weighted by Gasteiger charge is -2.43. The van der Waals surface area contributed by atoms with E-state index in [4.69, 9.17) is 18.9 Å². The minimum Gasteiger partial charge on any atom is -0.490 e. The van der Waals surface area contributed by atoms with Crippen molar-refractivity contribution in [2.75, 3.05) is 59.2 Å². The van der Waals surface area contributed by atoms with Crippen molar-refractivity contribution in [2.45, 2.75) is 43.8 Å². The minimum atomic E-state index is -0.981. The van der Waals surface area contributed by atoms with Crippen molar-refractivity contribution < 1.29 is 32.9 Å². The van der Waals surface area contributed by atoms with E-state index in [0.29, 0.717) is 58.2 Å². The molecule has 0 N–H and O–H groups in total. The van der Waals surface area contributed by atoms with Gasteiger partial charge in [-0.3, -0.25) is 9.59 Å². The van der Waals surface area contributed by atoms with Crippen LogP contribution in [0.15, 0.2) is 24.3 Å². The number of halogens is 1. The van der Waals surface area contributed by atoms with Crippen molar-refractivity contribution in [1.82, 2.24) is 9.80 Å². The Kier molecular flexibility index (Phi) is 8.16. The van der Waals surface area contributed by atoms with Crippen molar-refractivity contribution in [3.63, 3.8) is 0 Å². The van der Waals surface area contributed by atoms with E-state index >= 15 is 0 Å². The summed E-state index contributed by atoms with van der Waals surface area (Å²) in [7, 11) is 0. The van der Waals surface area contributed by atoms with Crippen LogP contribution in [0.5, 0.6) is 5.75 Å². The molecule has 1 aromatic carbocycles. The molecule has 182 valence electrons. The van der Waals surface area contributed by atoms with Gasteiger partial charge in [0.25, 0.3) is 0 Å². The summed E-state index contributed by atoms with van der Waals surface area (Å²) in [5.41, 5.74) is -0.981. The third kappa shape index (κ3) is 6.65. The molecule has 8 nitrogen and oxygen atoms in total. The van der Waals surface area contributed by atoms with Crippen molar-refractivity contribution in [3.05, 3.63) is 30.1 Å². The summed E-state index contributed by atoms with van der Waals surface area (Å²) < 4.78 is 36.4. The summed E-state index contributed by atoms with van der Waals surface area (Å²) in [5, 5.41) is 0. The van der Waals surface area contributed by atoms with Gasteiger partial charge < -0.3 is 28.7 Å². The van der Waals surface area contributed by atoms with Crippen molar-refractivity contribution in [3.8, 4) is 5.75 Å². The van der Waals surface area contributed by atoms with E-state index in [1.807, 2.05) is 0 Å². The van der Waals surface area contributed by atoms with Gasteiger partial charge in [0.15, 0.2) is 0 Å². The molecule has 4 rings (SSSR count). The average Bonchev–Trinajstić information content (AvgIpc) is 2.85. The van der Waals surface area contributed by atoms with Gasteiger partial charge in [-0.1, -0.05) is 0 Å². The van der Waals surface area contributed by atoms with Gasteiger partial charge in [-0.05, 0) is 43.5 Å². The molecule has 33 heavy (non-hydrogen) atoms. The second-order valence-corrected chi connectivity index (χ2v) is 8.95. The zero-order valence-electron chi connectivity index (χ0n) is 19.0. The predicted octanol–water partition coefficient (Wildman–Crippen LogP) is 2.01. The van der Waals surface area contributed by atoms with Gasteiger partial charge in [-0.15, -0.1) is 0 Å². The van der Waals surface area contributed by atoms with Gasteiger partial charge >= 0.3 is 0 Å². The highest BCUT2D eigenvalue weighted by Gasteiger charge is 2.42. The molecule has 0 spiro atoms. The third-order valence-electron chi connectivity index (χ3n) is 6.43. The van der Waals surface area contributed by atoms with E-state index in [1.54, 1.807) is 21.9 Å². The standard InChI is InChI=1S/C24H33FN2O6/c25-19-4-6-20(7-5-19)32-18-24(16-23(29)26-8-12-30-13-9-26)17-27(10-14-33-24)22(28)15-21-3-1-2-11-31-21/h4-7,21H,1-3,8-18H2/t21-,24+/m1/s1. The van der Waals surface area contributed by atoms with Crippen molar-refractivity contribution in [2.24, 2.45) is 0 Å². The van der Waals surface area contributed by atoms with Crippen molar-refractivity contribution >= 4 is 11.8 Å². The first kappa shape index (κ1) is 23.9. The van der Waals surface area contributed by atoms with Crippen molar-refractivity contribution in [1.29, 1.82) is 0 Å². The zero-order chi connectivity index (χ0) is 23.1. The highest BCUT2D eigenvalue weighted by Crippen LogP contribution is 2.27. The molecule has 2 atom stereocenters. The van der Waals surface area contributed by atoms with E-state index in [1.165, 1.54) is 12.1 Å². The number of amides is 2. The number of hydrogen-bond donors (Lipinski definition) is 0. The summed E-state index contributed by atoms with van der Waals surface area (Å²) in [6, 6.07) is 5.73. The molecule has 9 heteroatoms. The fourth-order valence-electron chi connectivity index (χ4n) is 4.54. The van der Waals surface area contributed by atoms with Crippen LogP contribution in [0.4, 0.5) is 4.39 Å². The zero-order valence-corrected chi connectivity index (χ0v) is 19.0. The molecule has 3 fully saturated rings. The first-order valence-electron chi connectivity index (χ1n) is 11.8. The fourth-order valence-corrected chi connectivity index (χ4v) is 4.54. The lowest BCUT2D eigenvalue weighted by molar-refractivity contribution is -0.168. The highest BCUT2D eigenvalue weighted by atomic mass is 19.1. The van der Waals surface area contributed by atoms with Gasteiger partial charge in [0.2, 0.25) is 11.8 Å². The monoisotopic (exact) mass is 464 g/mol. The molecule has 0 aromatic heterocycles. The number of ether oxygens (including phenoxy) is 4. The Labute approximate surface area is 193 Å². The van der Waals surface area contributed by atoms with E-state index < -0.39 is 5.60 Å². The van der Waals surface area contributed by atoms with E-state index in [2.05, 4.69) is 0 Å². The quantitative estimate of drug-likeness (QED) is 0.615. The SMILES string of the molecule is O=C(C[C@@]1(COc2ccc(F)cc2)CN(C(=O)C[C@H]2CCCCO2)CCO1)N1CCOCC1.